The Hall–Kier alpha value is -3.00. The number of hydrogen-bond acceptors (Lipinski definition) is 14. The molecule has 66 heavy (non-hydrogen) atoms. The number of nitrogens with one attached hydrogen (secondary N) is 1. The highest BCUT2D eigenvalue weighted by Crippen LogP contribution is 2.40. The Morgan fingerprint density at radius 2 is 1.59 bits per heavy atom. The van der Waals surface area contributed by atoms with Gasteiger partial charge < -0.3 is 69.1 Å². The fourth-order valence-corrected chi connectivity index (χ4v) is 10.8. The summed E-state index contributed by atoms with van der Waals surface area (Å²) in [6.45, 7) is 18.9. The van der Waals surface area contributed by atoms with Gasteiger partial charge in [-0.05, 0) is 111 Å². The summed E-state index contributed by atoms with van der Waals surface area (Å²) >= 11 is 0. The third kappa shape index (κ3) is 11.7. The van der Waals surface area contributed by atoms with Gasteiger partial charge in [0.15, 0.2) is 12.6 Å². The van der Waals surface area contributed by atoms with Gasteiger partial charge in [-0.15, -0.1) is 0 Å². The Kier molecular flexibility index (Phi) is 17.8. The van der Waals surface area contributed by atoms with Crippen LogP contribution in [0.1, 0.15) is 113 Å². The predicted octanol–water partition coefficient (Wildman–Crippen LogP) is 4.89. The number of aliphatic hydroxyl groups excluding tert-OH is 3. The van der Waals surface area contributed by atoms with E-state index in [0.29, 0.717) is 6.42 Å². The molecule has 16 heteroatoms. The number of amides is 2. The first kappa shape index (κ1) is 53.9. The summed E-state index contributed by atoms with van der Waals surface area (Å²) in [6, 6.07) is 11.4. The number of fused-ring (bicyclic) bond motifs is 1. The Morgan fingerprint density at radius 3 is 2.23 bits per heavy atom. The van der Waals surface area contributed by atoms with Gasteiger partial charge in [0.2, 0.25) is 0 Å². The quantitative estimate of drug-likeness (QED) is 0.185. The third-order valence-electron chi connectivity index (χ3n) is 14.8. The number of hydrogen-bond donors (Lipinski definition) is 6. The normalized spacial score (nSPS) is 41.7. The van der Waals surface area contributed by atoms with Gasteiger partial charge in [0.1, 0.15) is 30.0 Å². The molecule has 374 valence electrons. The van der Waals surface area contributed by atoms with Crippen LogP contribution in [0.4, 0.5) is 4.79 Å². The van der Waals surface area contributed by atoms with Crippen LogP contribution in [0.25, 0.3) is 10.8 Å². The minimum atomic E-state index is -2.06. The number of aliphatic hydroxyl groups is 5. The predicted molar refractivity (Wildman–Crippen MR) is 249 cm³/mol. The molecule has 2 aromatic carbocycles. The number of esters is 1. The lowest BCUT2D eigenvalue weighted by Crippen LogP contribution is -2.61. The molecule has 6 N–H and O–H groups in total. The number of likely N-dealkylation sites (N-methyl/N-ethyl adjacent to an activating group) is 1. The van der Waals surface area contributed by atoms with Gasteiger partial charge in [0.25, 0.3) is 0 Å². The van der Waals surface area contributed by atoms with E-state index in [-0.39, 0.29) is 38.0 Å². The van der Waals surface area contributed by atoms with Crippen molar-refractivity contribution < 1.29 is 63.5 Å². The first-order valence-corrected chi connectivity index (χ1v) is 23.8. The third-order valence-corrected chi connectivity index (χ3v) is 14.8. The van der Waals surface area contributed by atoms with E-state index >= 15 is 0 Å². The second kappa shape index (κ2) is 21.7. The van der Waals surface area contributed by atoms with Crippen LogP contribution in [-0.4, -0.2) is 165 Å². The molecule has 0 aliphatic carbocycles. The minimum absolute atomic E-state index is 0.0145. The highest BCUT2D eigenvalue weighted by molar-refractivity contribution is 5.86. The van der Waals surface area contributed by atoms with Crippen molar-refractivity contribution in [3.8, 4) is 0 Å². The van der Waals surface area contributed by atoms with Gasteiger partial charge in [-0.3, -0.25) is 4.79 Å². The summed E-state index contributed by atoms with van der Waals surface area (Å²) in [4.78, 5) is 32.6. The molecule has 0 saturated carbocycles. The van der Waals surface area contributed by atoms with Gasteiger partial charge in [-0.2, -0.15) is 0 Å². The molecule has 3 fully saturated rings. The van der Waals surface area contributed by atoms with Gasteiger partial charge in [0, 0.05) is 32.0 Å². The van der Waals surface area contributed by atoms with E-state index in [1.54, 1.807) is 48.5 Å². The molecule has 3 saturated heterocycles. The van der Waals surface area contributed by atoms with E-state index in [0.717, 1.165) is 16.3 Å². The minimum Gasteiger partial charge on any atom is -0.459 e. The zero-order valence-electron chi connectivity index (χ0n) is 41.7. The second-order valence-corrected chi connectivity index (χ2v) is 20.6. The first-order valence-electron chi connectivity index (χ1n) is 23.8. The Morgan fingerprint density at radius 1 is 0.939 bits per heavy atom. The van der Waals surface area contributed by atoms with Crippen molar-refractivity contribution in [3.05, 3.63) is 48.0 Å². The number of benzene rings is 2. The van der Waals surface area contributed by atoms with Crippen molar-refractivity contribution in [1.29, 1.82) is 0 Å². The molecule has 3 heterocycles. The summed E-state index contributed by atoms with van der Waals surface area (Å²) in [6.07, 6.45) is -9.80. The molecular formula is C50H81N3O13. The zero-order valence-corrected chi connectivity index (χ0v) is 41.7. The maximum Gasteiger partial charge on any atom is 0.318 e. The SMILES string of the molecule is CC[C@H]1OC(=O)[C@H](C)[C@@H](O[C@H]2C[C@@](C)(OC)[C@@H](O)[C@H](C)O2)C(C)[C@@H](O[C@@H]2O[C@H](C)C[C@H](N(C)C)[C@H]2O)[C@](C)(O)C[C@@H](C)CN(C(=O)NC(C)c2cccc3ccccc23)[C@H](C)[C@@H](O)[C@]1(C)O. The van der Waals surface area contributed by atoms with E-state index in [9.17, 15) is 35.1 Å². The molecule has 0 bridgehead atoms. The van der Waals surface area contributed by atoms with E-state index < -0.39 is 114 Å². The molecular weight excluding hydrogens is 851 g/mol. The average molecular weight is 932 g/mol. The molecule has 3 aliphatic heterocycles. The maximum absolute atomic E-state index is 14.7. The van der Waals surface area contributed by atoms with Crippen LogP contribution >= 0.6 is 0 Å². The fourth-order valence-electron chi connectivity index (χ4n) is 10.8. The molecule has 3 aliphatic rings. The Bertz CT molecular complexity index is 1910. The summed E-state index contributed by atoms with van der Waals surface area (Å²) < 4.78 is 38.0. The van der Waals surface area contributed by atoms with Crippen LogP contribution in [-0.2, 0) is 33.2 Å². The van der Waals surface area contributed by atoms with Gasteiger partial charge in [0.05, 0.1) is 53.6 Å². The number of methoxy groups -OCH3 is 1. The van der Waals surface area contributed by atoms with Gasteiger partial charge >= 0.3 is 12.0 Å². The van der Waals surface area contributed by atoms with E-state index in [2.05, 4.69) is 5.32 Å². The number of cyclic esters (lactones) is 1. The second-order valence-electron chi connectivity index (χ2n) is 20.6. The lowest BCUT2D eigenvalue weighted by Gasteiger charge is -2.48. The summed E-state index contributed by atoms with van der Waals surface area (Å²) in [7, 11) is 5.22. The summed E-state index contributed by atoms with van der Waals surface area (Å²) in [5, 5.41) is 65.3. The molecule has 5 rings (SSSR count). The van der Waals surface area contributed by atoms with Crippen LogP contribution in [0.3, 0.4) is 0 Å². The molecule has 0 aromatic heterocycles. The Balaban J connectivity index is 1.60. The van der Waals surface area contributed by atoms with E-state index in [1.807, 2.05) is 82.2 Å². The number of carbonyl (C=O) groups is 2. The van der Waals surface area contributed by atoms with Crippen molar-refractivity contribution in [3.63, 3.8) is 0 Å². The average Bonchev–Trinajstić information content (AvgIpc) is 3.26. The van der Waals surface area contributed by atoms with E-state index in [4.69, 9.17) is 28.4 Å². The molecule has 19 atom stereocenters. The first-order chi connectivity index (χ1) is 30.8. The maximum atomic E-state index is 14.7. The van der Waals surface area contributed by atoms with Gasteiger partial charge in [-0.1, -0.05) is 63.2 Å². The van der Waals surface area contributed by atoms with E-state index in [1.165, 1.54) is 18.9 Å². The smallest absolute Gasteiger partial charge is 0.318 e. The molecule has 0 radical (unpaired) electrons. The monoisotopic (exact) mass is 932 g/mol. The van der Waals surface area contributed by atoms with Crippen molar-refractivity contribution in [2.24, 2.45) is 17.8 Å². The molecule has 2 amide bonds. The van der Waals surface area contributed by atoms with Crippen molar-refractivity contribution in [2.45, 2.75) is 198 Å². The zero-order chi connectivity index (χ0) is 49.2. The van der Waals surface area contributed by atoms with Crippen molar-refractivity contribution in [2.75, 3.05) is 27.7 Å². The summed E-state index contributed by atoms with van der Waals surface area (Å²) in [5.41, 5.74) is -3.99. The lowest BCUT2D eigenvalue weighted by molar-refractivity contribution is -0.318. The number of ether oxygens (including phenoxy) is 6. The molecule has 2 unspecified atom stereocenters. The van der Waals surface area contributed by atoms with Crippen LogP contribution in [0.15, 0.2) is 42.5 Å². The highest BCUT2D eigenvalue weighted by atomic mass is 16.7. The number of rotatable bonds is 9. The number of nitrogens with zero attached hydrogens (tertiary/aromatic N) is 2. The Labute approximate surface area is 392 Å². The van der Waals surface area contributed by atoms with Crippen LogP contribution in [0.2, 0.25) is 0 Å². The molecule has 0 spiro atoms. The number of urea groups is 1. The molecule has 2 aromatic rings. The molecule has 16 nitrogen and oxygen atoms in total. The lowest BCUT2D eigenvalue weighted by atomic mass is 9.77. The van der Waals surface area contributed by atoms with Crippen LogP contribution in [0.5, 0.6) is 0 Å². The van der Waals surface area contributed by atoms with Crippen LogP contribution < -0.4 is 5.32 Å². The standard InChI is InChI=1S/C50H81N3O13/c1-15-38-50(11,60)42(55)32(7)53(47(58)51-31(6)35-22-18-20-34-19-16-17-21-36(34)35)26-27(2)24-48(9,59)44(66-46-40(54)37(52(12)13)23-28(3)62-46)29(4)41(30(5)45(57)64-38)65-39-25-49(10,61-14)43(56)33(8)63-39/h16-22,27-33,37-44,46,54-56,59-60H,15,23-26H2,1-14H3,(H,51,58)/t27-,28-,29?,30-,31?,32-,33+,37+,38-,39+,40-,41+,42-,43+,44-,46+,48-,49-,50-/m1/s1. The van der Waals surface area contributed by atoms with Crippen molar-refractivity contribution >= 4 is 22.8 Å². The topological polar surface area (TPSA) is 209 Å². The van der Waals surface area contributed by atoms with Gasteiger partial charge in [-0.25, -0.2) is 4.79 Å². The highest BCUT2D eigenvalue weighted by Gasteiger charge is 2.53. The van der Waals surface area contributed by atoms with Crippen LogP contribution in [0, 0.1) is 17.8 Å². The number of carbonyl (C=O) groups excluding carboxylic acids is 2. The largest absolute Gasteiger partial charge is 0.459 e. The fraction of sp³-hybridized carbons (Fsp3) is 0.760. The summed E-state index contributed by atoms with van der Waals surface area (Å²) in [5.74, 6) is -3.22. The van der Waals surface area contributed by atoms with Crippen molar-refractivity contribution in [1.82, 2.24) is 15.1 Å².